The van der Waals surface area contributed by atoms with Crippen molar-refractivity contribution in [3.05, 3.63) is 76.0 Å². The standard InChI is InChI=1S/C21H18N2O4/c1-3-14-4-6-15(7-5-14)21-22-19(27-23-21)12-25-16-8-9-17-13(2)10-20(24)26-18(17)11-16/h4-11H,3,12H2,1-2H3. The van der Waals surface area contributed by atoms with Gasteiger partial charge in [0.25, 0.3) is 5.89 Å². The quantitative estimate of drug-likeness (QED) is 0.493. The Balaban J connectivity index is 1.49. The van der Waals surface area contributed by atoms with Gasteiger partial charge >= 0.3 is 5.63 Å². The predicted octanol–water partition coefficient (Wildman–Crippen LogP) is 4.29. The second kappa shape index (κ2) is 7.07. The third kappa shape index (κ3) is 3.60. The van der Waals surface area contributed by atoms with Crippen molar-refractivity contribution in [2.75, 3.05) is 0 Å². The molecule has 0 spiro atoms. The molecule has 2 aromatic heterocycles. The highest BCUT2D eigenvalue weighted by Gasteiger charge is 2.10. The molecule has 0 radical (unpaired) electrons. The molecule has 0 aliphatic carbocycles. The van der Waals surface area contributed by atoms with Gasteiger partial charge in [-0.05, 0) is 36.6 Å². The first-order chi connectivity index (χ1) is 13.1. The van der Waals surface area contributed by atoms with Crippen LogP contribution in [0.25, 0.3) is 22.4 Å². The first kappa shape index (κ1) is 17.0. The van der Waals surface area contributed by atoms with Crippen molar-refractivity contribution < 1.29 is 13.7 Å². The molecular formula is C21H18N2O4. The van der Waals surface area contributed by atoms with Gasteiger partial charge in [-0.2, -0.15) is 4.98 Å². The third-order valence-electron chi connectivity index (χ3n) is 4.37. The highest BCUT2D eigenvalue weighted by molar-refractivity contribution is 5.81. The van der Waals surface area contributed by atoms with Crippen LogP contribution in [-0.2, 0) is 13.0 Å². The fraction of sp³-hybridized carbons (Fsp3) is 0.190. The molecule has 0 saturated carbocycles. The van der Waals surface area contributed by atoms with Crippen LogP contribution in [0.5, 0.6) is 5.75 Å². The Labute approximate surface area is 155 Å². The number of rotatable bonds is 5. The first-order valence-corrected chi connectivity index (χ1v) is 8.71. The summed E-state index contributed by atoms with van der Waals surface area (Å²) >= 11 is 0. The Morgan fingerprint density at radius 3 is 2.67 bits per heavy atom. The van der Waals surface area contributed by atoms with Gasteiger partial charge in [0.1, 0.15) is 11.3 Å². The van der Waals surface area contributed by atoms with Crippen LogP contribution in [0.3, 0.4) is 0 Å². The van der Waals surface area contributed by atoms with Crippen LogP contribution >= 0.6 is 0 Å². The van der Waals surface area contributed by atoms with Crippen molar-refractivity contribution in [1.29, 1.82) is 0 Å². The zero-order valence-electron chi connectivity index (χ0n) is 15.1. The Morgan fingerprint density at radius 2 is 1.89 bits per heavy atom. The van der Waals surface area contributed by atoms with Crippen LogP contribution in [-0.4, -0.2) is 10.1 Å². The van der Waals surface area contributed by atoms with Crippen LogP contribution in [0, 0.1) is 6.92 Å². The molecule has 4 rings (SSSR count). The van der Waals surface area contributed by atoms with E-state index in [-0.39, 0.29) is 12.2 Å². The summed E-state index contributed by atoms with van der Waals surface area (Å²) in [4.78, 5) is 15.9. The van der Waals surface area contributed by atoms with E-state index in [0.717, 1.165) is 22.9 Å². The highest BCUT2D eigenvalue weighted by atomic mass is 16.5. The van der Waals surface area contributed by atoms with Crippen LogP contribution < -0.4 is 10.4 Å². The number of ether oxygens (including phenoxy) is 1. The fourth-order valence-electron chi connectivity index (χ4n) is 2.86. The molecular weight excluding hydrogens is 344 g/mol. The Bertz CT molecular complexity index is 1140. The van der Waals surface area contributed by atoms with Crippen molar-refractivity contribution in [2.24, 2.45) is 0 Å². The van der Waals surface area contributed by atoms with E-state index >= 15 is 0 Å². The molecule has 0 N–H and O–H groups in total. The Kier molecular flexibility index (Phi) is 4.46. The molecule has 6 nitrogen and oxygen atoms in total. The summed E-state index contributed by atoms with van der Waals surface area (Å²) in [5, 5.41) is 4.87. The van der Waals surface area contributed by atoms with Gasteiger partial charge in [0, 0.05) is 23.1 Å². The molecule has 0 fully saturated rings. The smallest absolute Gasteiger partial charge is 0.336 e. The Hall–Kier alpha value is -3.41. The normalized spacial score (nSPS) is 11.0. The zero-order chi connectivity index (χ0) is 18.8. The van der Waals surface area contributed by atoms with E-state index in [2.05, 4.69) is 17.1 Å². The average Bonchev–Trinajstić information content (AvgIpc) is 3.15. The molecule has 0 aliphatic heterocycles. The van der Waals surface area contributed by atoms with E-state index in [1.807, 2.05) is 43.3 Å². The molecule has 6 heteroatoms. The topological polar surface area (TPSA) is 78.4 Å². The van der Waals surface area contributed by atoms with E-state index in [1.54, 1.807) is 6.07 Å². The summed E-state index contributed by atoms with van der Waals surface area (Å²) < 4.78 is 16.2. The van der Waals surface area contributed by atoms with Crippen molar-refractivity contribution >= 4 is 11.0 Å². The van der Waals surface area contributed by atoms with E-state index in [4.69, 9.17) is 13.7 Å². The van der Waals surface area contributed by atoms with Gasteiger partial charge in [-0.3, -0.25) is 0 Å². The van der Waals surface area contributed by atoms with E-state index in [9.17, 15) is 4.79 Å². The number of aromatic nitrogens is 2. The number of hydrogen-bond acceptors (Lipinski definition) is 6. The zero-order valence-corrected chi connectivity index (χ0v) is 15.1. The summed E-state index contributed by atoms with van der Waals surface area (Å²) in [5.41, 5.74) is 3.12. The van der Waals surface area contributed by atoms with Crippen molar-refractivity contribution in [3.8, 4) is 17.1 Å². The lowest BCUT2D eigenvalue weighted by Crippen LogP contribution is -1.99. The van der Waals surface area contributed by atoms with Crippen molar-refractivity contribution in [2.45, 2.75) is 26.9 Å². The minimum atomic E-state index is -0.382. The molecule has 0 saturated heterocycles. The molecule has 0 aliphatic rings. The summed E-state index contributed by atoms with van der Waals surface area (Å²) in [6, 6.07) is 14.9. The predicted molar refractivity (Wildman–Crippen MR) is 101 cm³/mol. The minimum absolute atomic E-state index is 0.127. The molecule has 136 valence electrons. The summed E-state index contributed by atoms with van der Waals surface area (Å²) in [6.07, 6.45) is 0.983. The lowest BCUT2D eigenvalue weighted by molar-refractivity contribution is 0.243. The van der Waals surface area contributed by atoms with Crippen LogP contribution in [0.4, 0.5) is 0 Å². The fourth-order valence-corrected chi connectivity index (χ4v) is 2.86. The van der Waals surface area contributed by atoms with E-state index in [1.165, 1.54) is 11.6 Å². The van der Waals surface area contributed by atoms with E-state index < -0.39 is 0 Å². The highest BCUT2D eigenvalue weighted by Crippen LogP contribution is 2.23. The van der Waals surface area contributed by atoms with Gasteiger partial charge in [0.15, 0.2) is 6.61 Å². The van der Waals surface area contributed by atoms with Crippen molar-refractivity contribution in [3.63, 3.8) is 0 Å². The second-order valence-electron chi connectivity index (χ2n) is 6.26. The number of nitrogens with zero attached hydrogens (tertiary/aromatic N) is 2. The molecule has 0 bridgehead atoms. The van der Waals surface area contributed by atoms with Crippen LogP contribution in [0.15, 0.2) is 62.3 Å². The molecule has 4 aromatic rings. The van der Waals surface area contributed by atoms with Gasteiger partial charge in [-0.15, -0.1) is 0 Å². The largest absolute Gasteiger partial charge is 0.484 e. The van der Waals surface area contributed by atoms with Crippen LogP contribution in [0.2, 0.25) is 0 Å². The molecule has 0 atom stereocenters. The SMILES string of the molecule is CCc1ccc(-c2noc(COc3ccc4c(C)cc(=O)oc4c3)n2)cc1. The van der Waals surface area contributed by atoms with Gasteiger partial charge in [-0.1, -0.05) is 36.3 Å². The van der Waals surface area contributed by atoms with Gasteiger partial charge < -0.3 is 13.7 Å². The number of benzene rings is 2. The number of aryl methyl sites for hydroxylation is 2. The van der Waals surface area contributed by atoms with Crippen molar-refractivity contribution in [1.82, 2.24) is 10.1 Å². The number of hydrogen-bond donors (Lipinski definition) is 0. The molecule has 0 unspecified atom stereocenters. The minimum Gasteiger partial charge on any atom is -0.484 e. The van der Waals surface area contributed by atoms with Gasteiger partial charge in [0.05, 0.1) is 0 Å². The van der Waals surface area contributed by atoms with Crippen LogP contribution in [0.1, 0.15) is 23.9 Å². The molecule has 2 heterocycles. The summed E-state index contributed by atoms with van der Waals surface area (Å²) in [7, 11) is 0. The Morgan fingerprint density at radius 1 is 1.07 bits per heavy atom. The lowest BCUT2D eigenvalue weighted by Gasteiger charge is -2.05. The van der Waals surface area contributed by atoms with Gasteiger partial charge in [-0.25, -0.2) is 4.79 Å². The maximum Gasteiger partial charge on any atom is 0.336 e. The third-order valence-corrected chi connectivity index (χ3v) is 4.37. The maximum atomic E-state index is 11.5. The average molecular weight is 362 g/mol. The lowest BCUT2D eigenvalue weighted by atomic mass is 10.1. The molecule has 2 aromatic carbocycles. The van der Waals surface area contributed by atoms with E-state index in [0.29, 0.717) is 23.0 Å². The monoisotopic (exact) mass is 362 g/mol. The molecule has 27 heavy (non-hydrogen) atoms. The summed E-state index contributed by atoms with van der Waals surface area (Å²) in [5.74, 6) is 1.45. The maximum absolute atomic E-state index is 11.5. The second-order valence-corrected chi connectivity index (χ2v) is 6.26. The molecule has 0 amide bonds. The first-order valence-electron chi connectivity index (χ1n) is 8.71. The number of fused-ring (bicyclic) bond motifs is 1. The van der Waals surface area contributed by atoms with Gasteiger partial charge in [0.2, 0.25) is 5.82 Å². The summed E-state index contributed by atoms with van der Waals surface area (Å²) in [6.45, 7) is 4.10.